The number of aryl methyl sites for hydroxylation is 1. The third-order valence-corrected chi connectivity index (χ3v) is 3.22. The smallest absolute Gasteiger partial charge is 0.239 e. The van der Waals surface area contributed by atoms with Gasteiger partial charge >= 0.3 is 0 Å². The van der Waals surface area contributed by atoms with Gasteiger partial charge in [-0.15, -0.1) is 0 Å². The van der Waals surface area contributed by atoms with Crippen molar-refractivity contribution in [3.8, 4) is 0 Å². The Kier molecular flexibility index (Phi) is 4.18. The molecule has 0 aliphatic heterocycles. The maximum Gasteiger partial charge on any atom is 0.239 e. The third-order valence-electron chi connectivity index (χ3n) is 3.22. The van der Waals surface area contributed by atoms with Crippen LogP contribution in [0.5, 0.6) is 0 Å². The van der Waals surface area contributed by atoms with E-state index in [0.29, 0.717) is 11.7 Å². The first-order valence-corrected chi connectivity index (χ1v) is 6.44. The van der Waals surface area contributed by atoms with E-state index in [9.17, 15) is 9.18 Å². The van der Waals surface area contributed by atoms with Crippen molar-refractivity contribution in [2.75, 3.05) is 11.9 Å². The fourth-order valence-electron chi connectivity index (χ4n) is 2.37. The lowest BCUT2D eigenvalue weighted by molar-refractivity contribution is -0.120. The number of hydrogen-bond acceptors (Lipinski definition) is 2. The molecule has 18 heavy (non-hydrogen) atoms. The molecule has 1 amide bonds. The van der Waals surface area contributed by atoms with E-state index in [0.717, 1.165) is 18.4 Å². The Bertz CT molecular complexity index is 408. The standard InChI is InChI=1S/C14H19FN2O/c1-10-6-11(15)8-13(7-10)16-9-14(18)17-12-4-2-3-5-12/h6-8,12,16H,2-5,9H2,1H3,(H,17,18). The van der Waals surface area contributed by atoms with Gasteiger partial charge in [0.1, 0.15) is 5.82 Å². The number of benzene rings is 1. The zero-order valence-corrected chi connectivity index (χ0v) is 10.6. The van der Waals surface area contributed by atoms with Crippen LogP contribution in [-0.4, -0.2) is 18.5 Å². The zero-order valence-electron chi connectivity index (χ0n) is 10.6. The summed E-state index contributed by atoms with van der Waals surface area (Å²) in [5.41, 5.74) is 1.49. The topological polar surface area (TPSA) is 41.1 Å². The van der Waals surface area contributed by atoms with Crippen molar-refractivity contribution in [1.82, 2.24) is 5.32 Å². The molecule has 0 heterocycles. The molecule has 1 aliphatic rings. The molecule has 0 spiro atoms. The lowest BCUT2D eigenvalue weighted by atomic mass is 10.2. The SMILES string of the molecule is Cc1cc(F)cc(NCC(=O)NC2CCCC2)c1. The van der Waals surface area contributed by atoms with Gasteiger partial charge in [0.2, 0.25) is 5.91 Å². The van der Waals surface area contributed by atoms with E-state index in [4.69, 9.17) is 0 Å². The van der Waals surface area contributed by atoms with Crippen molar-refractivity contribution < 1.29 is 9.18 Å². The average Bonchev–Trinajstić information content (AvgIpc) is 2.78. The van der Waals surface area contributed by atoms with Gasteiger partial charge in [0.05, 0.1) is 6.54 Å². The Morgan fingerprint density at radius 1 is 1.33 bits per heavy atom. The van der Waals surface area contributed by atoms with Crippen LogP contribution >= 0.6 is 0 Å². The molecule has 1 aromatic rings. The monoisotopic (exact) mass is 250 g/mol. The molecule has 2 N–H and O–H groups in total. The van der Waals surface area contributed by atoms with Crippen LogP contribution in [0, 0.1) is 12.7 Å². The first-order valence-electron chi connectivity index (χ1n) is 6.44. The van der Waals surface area contributed by atoms with Gasteiger partial charge in [-0.1, -0.05) is 12.8 Å². The number of halogens is 1. The van der Waals surface area contributed by atoms with E-state index in [2.05, 4.69) is 10.6 Å². The minimum absolute atomic E-state index is 0.0242. The van der Waals surface area contributed by atoms with Crippen LogP contribution in [0.15, 0.2) is 18.2 Å². The summed E-state index contributed by atoms with van der Waals surface area (Å²) in [5, 5.41) is 5.93. The lowest BCUT2D eigenvalue weighted by Gasteiger charge is -2.13. The van der Waals surface area contributed by atoms with Gasteiger partial charge < -0.3 is 10.6 Å². The molecular formula is C14H19FN2O. The maximum atomic E-state index is 13.1. The Morgan fingerprint density at radius 3 is 2.72 bits per heavy atom. The minimum atomic E-state index is -0.284. The number of nitrogens with one attached hydrogen (secondary N) is 2. The molecule has 0 unspecified atom stereocenters. The van der Waals surface area contributed by atoms with Crippen LogP contribution in [0.3, 0.4) is 0 Å². The first kappa shape index (κ1) is 12.9. The van der Waals surface area contributed by atoms with Gasteiger partial charge in [-0.05, 0) is 43.5 Å². The number of rotatable bonds is 4. The van der Waals surface area contributed by atoms with Gasteiger partial charge in [-0.2, -0.15) is 0 Å². The highest BCUT2D eigenvalue weighted by Gasteiger charge is 2.16. The van der Waals surface area contributed by atoms with E-state index < -0.39 is 0 Å². The molecule has 0 bridgehead atoms. The molecule has 1 aromatic carbocycles. The van der Waals surface area contributed by atoms with Crippen molar-refractivity contribution in [2.45, 2.75) is 38.6 Å². The minimum Gasteiger partial charge on any atom is -0.376 e. The van der Waals surface area contributed by atoms with Crippen LogP contribution in [0.1, 0.15) is 31.2 Å². The van der Waals surface area contributed by atoms with Crippen molar-refractivity contribution in [3.05, 3.63) is 29.6 Å². The van der Waals surface area contributed by atoms with Gasteiger partial charge in [0.15, 0.2) is 0 Å². The predicted molar refractivity (Wildman–Crippen MR) is 70.0 cm³/mol. The molecule has 1 aliphatic carbocycles. The summed E-state index contributed by atoms with van der Waals surface area (Å²) >= 11 is 0. The fraction of sp³-hybridized carbons (Fsp3) is 0.500. The Morgan fingerprint density at radius 2 is 2.06 bits per heavy atom. The number of carbonyl (C=O) groups is 1. The van der Waals surface area contributed by atoms with E-state index >= 15 is 0 Å². The summed E-state index contributed by atoms with van der Waals surface area (Å²) in [6.07, 6.45) is 4.54. The van der Waals surface area contributed by atoms with Crippen LogP contribution in [0.25, 0.3) is 0 Å². The summed E-state index contributed by atoms with van der Waals surface area (Å²) in [4.78, 5) is 11.7. The second kappa shape index (κ2) is 5.85. The van der Waals surface area contributed by atoms with Gasteiger partial charge in [-0.25, -0.2) is 4.39 Å². The van der Waals surface area contributed by atoms with E-state index in [1.54, 1.807) is 0 Å². The molecule has 0 aromatic heterocycles. The van der Waals surface area contributed by atoms with Crippen LogP contribution in [-0.2, 0) is 4.79 Å². The molecule has 4 heteroatoms. The Hall–Kier alpha value is -1.58. The quantitative estimate of drug-likeness (QED) is 0.862. The average molecular weight is 250 g/mol. The highest BCUT2D eigenvalue weighted by Crippen LogP contribution is 2.17. The van der Waals surface area contributed by atoms with Crippen LogP contribution < -0.4 is 10.6 Å². The second-order valence-corrected chi connectivity index (χ2v) is 4.92. The lowest BCUT2D eigenvalue weighted by Crippen LogP contribution is -2.36. The van der Waals surface area contributed by atoms with Gasteiger partial charge in [0.25, 0.3) is 0 Å². The van der Waals surface area contributed by atoms with Crippen molar-refractivity contribution in [2.24, 2.45) is 0 Å². The summed E-state index contributed by atoms with van der Waals surface area (Å²) < 4.78 is 13.1. The summed E-state index contributed by atoms with van der Waals surface area (Å²) in [6, 6.07) is 5.01. The van der Waals surface area contributed by atoms with E-state index in [1.165, 1.54) is 25.0 Å². The molecular weight excluding hydrogens is 231 g/mol. The second-order valence-electron chi connectivity index (χ2n) is 4.92. The zero-order chi connectivity index (χ0) is 13.0. The largest absolute Gasteiger partial charge is 0.376 e. The number of carbonyl (C=O) groups excluding carboxylic acids is 1. The van der Waals surface area contributed by atoms with Crippen molar-refractivity contribution in [3.63, 3.8) is 0 Å². The fourth-order valence-corrected chi connectivity index (χ4v) is 2.37. The molecule has 0 radical (unpaired) electrons. The van der Waals surface area contributed by atoms with Gasteiger partial charge in [0, 0.05) is 11.7 Å². The highest BCUT2D eigenvalue weighted by atomic mass is 19.1. The summed E-state index contributed by atoms with van der Waals surface area (Å²) in [6.45, 7) is 2.02. The Balaban J connectivity index is 1.81. The van der Waals surface area contributed by atoms with Crippen molar-refractivity contribution >= 4 is 11.6 Å². The summed E-state index contributed by atoms with van der Waals surface area (Å²) in [5.74, 6) is -0.308. The van der Waals surface area contributed by atoms with E-state index in [-0.39, 0.29) is 18.3 Å². The molecule has 3 nitrogen and oxygen atoms in total. The molecule has 1 saturated carbocycles. The third kappa shape index (κ3) is 3.72. The summed E-state index contributed by atoms with van der Waals surface area (Å²) in [7, 11) is 0. The number of amides is 1. The van der Waals surface area contributed by atoms with Gasteiger partial charge in [-0.3, -0.25) is 4.79 Å². The van der Waals surface area contributed by atoms with Crippen molar-refractivity contribution in [1.29, 1.82) is 0 Å². The first-order chi connectivity index (χ1) is 8.63. The predicted octanol–water partition coefficient (Wildman–Crippen LogP) is 2.60. The van der Waals surface area contributed by atoms with Crippen LogP contribution in [0.2, 0.25) is 0 Å². The normalized spacial score (nSPS) is 15.7. The molecule has 2 rings (SSSR count). The number of anilines is 1. The Labute approximate surface area is 107 Å². The van der Waals surface area contributed by atoms with Crippen LogP contribution in [0.4, 0.5) is 10.1 Å². The van der Waals surface area contributed by atoms with E-state index in [1.807, 2.05) is 13.0 Å². The molecule has 1 fully saturated rings. The maximum absolute atomic E-state index is 13.1. The number of hydrogen-bond donors (Lipinski definition) is 2. The highest BCUT2D eigenvalue weighted by molar-refractivity contribution is 5.81. The molecule has 0 saturated heterocycles. The molecule has 98 valence electrons. The molecule has 0 atom stereocenters.